The van der Waals surface area contributed by atoms with Gasteiger partial charge >= 0.3 is 0 Å². The SMILES string of the molecule is CON1OCCC1(C(N)=O)C(N)=O. The first-order valence-electron chi connectivity index (χ1n) is 3.62. The number of primary amides is 2. The first kappa shape index (κ1) is 9.90. The number of rotatable bonds is 3. The van der Waals surface area contributed by atoms with Crippen molar-refractivity contribution in [3.63, 3.8) is 0 Å². The van der Waals surface area contributed by atoms with Crippen LogP contribution in [0.25, 0.3) is 0 Å². The molecule has 2 amide bonds. The van der Waals surface area contributed by atoms with Crippen molar-refractivity contribution in [3.05, 3.63) is 0 Å². The van der Waals surface area contributed by atoms with Crippen LogP contribution in [-0.4, -0.2) is 36.3 Å². The number of hydroxylamine groups is 2. The third-order valence-corrected chi connectivity index (χ3v) is 1.97. The molecule has 0 atom stereocenters. The molecule has 7 nitrogen and oxygen atoms in total. The van der Waals surface area contributed by atoms with Gasteiger partial charge in [0.05, 0.1) is 13.7 Å². The van der Waals surface area contributed by atoms with E-state index in [1.165, 1.54) is 7.11 Å². The number of nitrogens with two attached hydrogens (primary N) is 2. The molecule has 1 heterocycles. The zero-order valence-electron chi connectivity index (χ0n) is 7.15. The molecule has 1 rings (SSSR count). The van der Waals surface area contributed by atoms with Gasteiger partial charge in [-0.15, -0.1) is 0 Å². The predicted octanol–water partition coefficient (Wildman–Crippen LogP) is -2.11. The van der Waals surface area contributed by atoms with Gasteiger partial charge in [0.15, 0.2) is 0 Å². The summed E-state index contributed by atoms with van der Waals surface area (Å²) >= 11 is 0. The highest BCUT2D eigenvalue weighted by Gasteiger charge is 2.54. The Morgan fingerprint density at radius 3 is 2.31 bits per heavy atom. The van der Waals surface area contributed by atoms with E-state index in [1.54, 1.807) is 0 Å². The molecular formula is C6H11N3O4. The molecule has 1 saturated heterocycles. The van der Waals surface area contributed by atoms with E-state index in [0.29, 0.717) is 0 Å². The van der Waals surface area contributed by atoms with Crippen LogP contribution in [0.5, 0.6) is 0 Å². The van der Waals surface area contributed by atoms with Crippen molar-refractivity contribution in [2.45, 2.75) is 12.0 Å². The van der Waals surface area contributed by atoms with Crippen LogP contribution in [0.15, 0.2) is 0 Å². The molecule has 0 aromatic heterocycles. The summed E-state index contributed by atoms with van der Waals surface area (Å²) in [5.74, 6) is -1.75. The van der Waals surface area contributed by atoms with Crippen molar-refractivity contribution in [2.75, 3.05) is 13.7 Å². The highest BCUT2D eigenvalue weighted by molar-refractivity contribution is 6.08. The maximum absolute atomic E-state index is 11.1. The number of nitrogens with zero attached hydrogens (tertiary/aromatic N) is 1. The monoisotopic (exact) mass is 189 g/mol. The summed E-state index contributed by atoms with van der Waals surface area (Å²) in [5, 5.41) is 0.748. The van der Waals surface area contributed by atoms with Gasteiger partial charge in [-0.25, -0.2) is 0 Å². The molecule has 0 radical (unpaired) electrons. The molecular weight excluding hydrogens is 178 g/mol. The Labute approximate surface area is 74.5 Å². The molecule has 0 saturated carbocycles. The summed E-state index contributed by atoms with van der Waals surface area (Å²) < 4.78 is 0. The largest absolute Gasteiger partial charge is 0.367 e. The summed E-state index contributed by atoms with van der Waals surface area (Å²) in [6.45, 7) is 0.166. The van der Waals surface area contributed by atoms with Gasteiger partial charge in [-0.1, -0.05) is 0 Å². The fraction of sp³-hybridized carbons (Fsp3) is 0.667. The molecule has 1 aliphatic heterocycles. The zero-order valence-corrected chi connectivity index (χ0v) is 7.15. The minimum atomic E-state index is -1.67. The smallest absolute Gasteiger partial charge is 0.252 e. The molecule has 13 heavy (non-hydrogen) atoms. The van der Waals surface area contributed by atoms with E-state index >= 15 is 0 Å². The van der Waals surface area contributed by atoms with Crippen molar-refractivity contribution in [1.82, 2.24) is 5.23 Å². The molecule has 4 N–H and O–H groups in total. The maximum Gasteiger partial charge on any atom is 0.252 e. The number of carbonyl (C=O) groups excluding carboxylic acids is 2. The lowest BCUT2D eigenvalue weighted by Crippen LogP contribution is -2.61. The molecule has 74 valence electrons. The van der Waals surface area contributed by atoms with E-state index in [4.69, 9.17) is 16.3 Å². The lowest BCUT2D eigenvalue weighted by molar-refractivity contribution is -0.353. The van der Waals surface area contributed by atoms with Gasteiger partial charge in [0.2, 0.25) is 5.54 Å². The van der Waals surface area contributed by atoms with E-state index in [9.17, 15) is 9.59 Å². The number of hydrogen-bond acceptors (Lipinski definition) is 5. The van der Waals surface area contributed by atoms with Crippen LogP contribution in [0.1, 0.15) is 6.42 Å². The molecule has 7 heteroatoms. The van der Waals surface area contributed by atoms with Gasteiger partial charge in [-0.2, -0.15) is 0 Å². The second kappa shape index (κ2) is 3.29. The molecule has 0 aliphatic carbocycles. The van der Waals surface area contributed by atoms with Crippen LogP contribution in [-0.2, 0) is 19.3 Å². The van der Waals surface area contributed by atoms with Crippen LogP contribution in [0.4, 0.5) is 0 Å². The van der Waals surface area contributed by atoms with E-state index < -0.39 is 17.4 Å². The maximum atomic E-state index is 11.1. The van der Waals surface area contributed by atoms with Gasteiger partial charge in [-0.3, -0.25) is 19.3 Å². The van der Waals surface area contributed by atoms with Gasteiger partial charge in [0.1, 0.15) is 0 Å². The minimum absolute atomic E-state index is 0.103. The third-order valence-electron chi connectivity index (χ3n) is 1.97. The Morgan fingerprint density at radius 1 is 1.46 bits per heavy atom. The van der Waals surface area contributed by atoms with E-state index in [-0.39, 0.29) is 13.0 Å². The number of carbonyl (C=O) groups is 2. The summed E-state index contributed by atoms with van der Waals surface area (Å²) in [7, 11) is 1.26. The van der Waals surface area contributed by atoms with Crippen molar-refractivity contribution >= 4 is 11.8 Å². The third kappa shape index (κ3) is 1.26. The van der Waals surface area contributed by atoms with Crippen LogP contribution in [0, 0.1) is 0 Å². The molecule has 1 fully saturated rings. The minimum Gasteiger partial charge on any atom is -0.367 e. The highest BCUT2D eigenvalue weighted by Crippen LogP contribution is 2.26. The second-order valence-electron chi connectivity index (χ2n) is 2.61. The molecule has 0 bridgehead atoms. The molecule has 0 aromatic carbocycles. The van der Waals surface area contributed by atoms with Crippen LogP contribution >= 0.6 is 0 Å². The Bertz CT molecular complexity index is 228. The summed E-state index contributed by atoms with van der Waals surface area (Å²) in [6, 6.07) is 0. The Kier molecular flexibility index (Phi) is 2.50. The molecule has 1 aliphatic rings. The van der Waals surface area contributed by atoms with Crippen LogP contribution < -0.4 is 11.5 Å². The summed E-state index contributed by atoms with van der Waals surface area (Å²) in [5.41, 5.74) is 8.44. The normalized spacial score (nSPS) is 21.6. The Morgan fingerprint density at radius 2 is 2.00 bits per heavy atom. The predicted molar refractivity (Wildman–Crippen MR) is 40.5 cm³/mol. The van der Waals surface area contributed by atoms with Gasteiger partial charge in [-0.05, 0) is 5.23 Å². The van der Waals surface area contributed by atoms with Crippen molar-refractivity contribution < 1.29 is 19.3 Å². The lowest BCUT2D eigenvalue weighted by atomic mass is 9.96. The Hall–Kier alpha value is -1.18. The van der Waals surface area contributed by atoms with Gasteiger partial charge in [0, 0.05) is 6.42 Å². The average molecular weight is 189 g/mol. The average Bonchev–Trinajstić information content (AvgIpc) is 2.47. The zero-order chi connectivity index (χ0) is 10.1. The van der Waals surface area contributed by atoms with Gasteiger partial charge in [0.25, 0.3) is 11.8 Å². The van der Waals surface area contributed by atoms with E-state index in [0.717, 1.165) is 5.23 Å². The quantitative estimate of drug-likeness (QED) is 0.494. The first-order valence-corrected chi connectivity index (χ1v) is 3.62. The topological polar surface area (TPSA) is 108 Å². The Balaban J connectivity index is 3.02. The van der Waals surface area contributed by atoms with Crippen molar-refractivity contribution in [1.29, 1.82) is 0 Å². The summed E-state index contributed by atoms with van der Waals surface area (Å²) in [6.07, 6.45) is 0.103. The molecule has 0 aromatic rings. The van der Waals surface area contributed by atoms with Crippen LogP contribution in [0.2, 0.25) is 0 Å². The highest BCUT2D eigenvalue weighted by atomic mass is 17.0. The summed E-state index contributed by atoms with van der Waals surface area (Å²) in [4.78, 5) is 31.6. The fourth-order valence-electron chi connectivity index (χ4n) is 1.23. The molecule has 0 unspecified atom stereocenters. The fourth-order valence-corrected chi connectivity index (χ4v) is 1.23. The van der Waals surface area contributed by atoms with E-state index in [2.05, 4.69) is 4.84 Å². The first-order chi connectivity index (χ1) is 6.05. The number of amides is 2. The molecule has 0 spiro atoms. The van der Waals surface area contributed by atoms with E-state index in [1.807, 2.05) is 0 Å². The van der Waals surface area contributed by atoms with Crippen LogP contribution in [0.3, 0.4) is 0 Å². The number of hydrogen-bond donors (Lipinski definition) is 2. The second-order valence-corrected chi connectivity index (χ2v) is 2.61. The standard InChI is InChI=1S/C6H11N3O4/c1-12-9-6(4(7)10,5(8)11)2-3-13-9/h2-3H2,1H3,(H2,7,10)(H2,8,11). The van der Waals surface area contributed by atoms with Crippen molar-refractivity contribution in [2.24, 2.45) is 11.5 Å². The van der Waals surface area contributed by atoms with Gasteiger partial charge < -0.3 is 11.5 Å². The van der Waals surface area contributed by atoms with Crippen molar-refractivity contribution in [3.8, 4) is 0 Å². The lowest BCUT2D eigenvalue weighted by Gasteiger charge is -2.27.